The third-order valence-electron chi connectivity index (χ3n) is 7.51. The average molecular weight is 463 g/mol. The molecule has 0 aromatic heterocycles. The minimum Gasteiger partial charge on any atom is -0.454 e. The van der Waals surface area contributed by atoms with Crippen molar-refractivity contribution in [1.29, 1.82) is 0 Å². The van der Waals surface area contributed by atoms with Gasteiger partial charge in [-0.3, -0.25) is 4.79 Å². The van der Waals surface area contributed by atoms with Crippen LogP contribution in [0.2, 0.25) is 0 Å². The van der Waals surface area contributed by atoms with Crippen LogP contribution in [0.1, 0.15) is 66.2 Å². The van der Waals surface area contributed by atoms with Gasteiger partial charge in [0, 0.05) is 6.92 Å². The smallest absolute Gasteiger partial charge is 0.303 e. The summed E-state index contributed by atoms with van der Waals surface area (Å²) in [6.07, 6.45) is 6.90. The number of hydrogen-bond donors (Lipinski definition) is 2. The average Bonchev–Trinajstić information content (AvgIpc) is 2.75. The predicted molar refractivity (Wildman–Crippen MR) is 127 cm³/mol. The Balaban J connectivity index is 1.76. The van der Waals surface area contributed by atoms with Crippen molar-refractivity contribution in [3.8, 4) is 0 Å². The van der Waals surface area contributed by atoms with Crippen LogP contribution in [0, 0.1) is 23.7 Å². The van der Waals surface area contributed by atoms with Crippen LogP contribution in [0.5, 0.6) is 0 Å². The fraction of sp³-hybridized carbons (Fsp3) is 0.741. The van der Waals surface area contributed by atoms with Crippen molar-refractivity contribution in [2.75, 3.05) is 13.2 Å². The molecule has 1 heterocycles. The number of aliphatic hydroxyl groups excluding tert-OH is 2. The maximum atomic E-state index is 11.6. The minimum absolute atomic E-state index is 0.0537. The number of esters is 1. The lowest BCUT2D eigenvalue weighted by Crippen LogP contribution is -2.55. The van der Waals surface area contributed by atoms with Crippen LogP contribution >= 0.6 is 0 Å². The van der Waals surface area contributed by atoms with Crippen LogP contribution in [-0.2, 0) is 19.0 Å². The molecule has 0 aromatic rings. The second-order valence-corrected chi connectivity index (χ2v) is 10.4. The summed E-state index contributed by atoms with van der Waals surface area (Å²) < 4.78 is 17.1. The normalized spacial score (nSPS) is 35.3. The maximum absolute atomic E-state index is 11.6. The number of fused-ring (bicyclic) bond motifs is 1. The highest BCUT2D eigenvalue weighted by atomic mass is 16.7. The second-order valence-electron chi connectivity index (χ2n) is 10.4. The van der Waals surface area contributed by atoms with Crippen molar-refractivity contribution >= 4 is 5.97 Å². The van der Waals surface area contributed by atoms with E-state index in [2.05, 4.69) is 39.5 Å². The number of allylic oxidation sites excluding steroid dienone is 5. The van der Waals surface area contributed by atoms with Gasteiger partial charge in [-0.25, -0.2) is 0 Å². The van der Waals surface area contributed by atoms with Crippen molar-refractivity contribution < 1.29 is 29.2 Å². The van der Waals surface area contributed by atoms with Crippen molar-refractivity contribution in [3.05, 3.63) is 35.5 Å². The molecule has 3 rings (SSSR count). The Kier molecular flexibility index (Phi) is 9.34. The lowest BCUT2D eigenvalue weighted by Gasteiger charge is -2.45. The zero-order valence-corrected chi connectivity index (χ0v) is 20.7. The third-order valence-corrected chi connectivity index (χ3v) is 7.51. The van der Waals surface area contributed by atoms with E-state index in [9.17, 15) is 15.0 Å². The van der Waals surface area contributed by atoms with Gasteiger partial charge in [-0.15, -0.1) is 0 Å². The molecule has 1 saturated heterocycles. The summed E-state index contributed by atoms with van der Waals surface area (Å²) in [7, 11) is 0. The Morgan fingerprint density at radius 2 is 2.03 bits per heavy atom. The molecule has 1 saturated carbocycles. The number of carbonyl (C=O) groups is 1. The molecule has 2 N–H and O–H groups in total. The van der Waals surface area contributed by atoms with E-state index in [1.165, 1.54) is 30.1 Å². The third kappa shape index (κ3) is 6.78. The van der Waals surface area contributed by atoms with Gasteiger partial charge in [-0.05, 0) is 83.0 Å². The lowest BCUT2D eigenvalue weighted by atomic mass is 9.61. The van der Waals surface area contributed by atoms with Gasteiger partial charge in [0.05, 0.1) is 13.2 Å². The van der Waals surface area contributed by atoms with Gasteiger partial charge >= 0.3 is 5.97 Å². The van der Waals surface area contributed by atoms with E-state index in [1.54, 1.807) is 0 Å². The maximum Gasteiger partial charge on any atom is 0.303 e. The molecule has 2 fully saturated rings. The second kappa shape index (κ2) is 11.8. The van der Waals surface area contributed by atoms with Gasteiger partial charge in [0.25, 0.3) is 0 Å². The molecule has 0 radical (unpaired) electrons. The van der Waals surface area contributed by atoms with Gasteiger partial charge in [-0.1, -0.05) is 35.5 Å². The number of carbonyl (C=O) groups excluding carboxylic acids is 1. The van der Waals surface area contributed by atoms with Crippen molar-refractivity contribution in [2.24, 2.45) is 23.7 Å². The summed E-state index contributed by atoms with van der Waals surface area (Å²) in [6.45, 7) is 12.5. The van der Waals surface area contributed by atoms with E-state index >= 15 is 0 Å². The molecule has 0 spiro atoms. The Bertz CT molecular complexity index is 752. The van der Waals surface area contributed by atoms with E-state index in [4.69, 9.17) is 14.2 Å². The fourth-order valence-corrected chi connectivity index (χ4v) is 5.73. The summed E-state index contributed by atoms with van der Waals surface area (Å²) in [5.74, 6) is 1.25. The van der Waals surface area contributed by atoms with Gasteiger partial charge in [0.2, 0.25) is 0 Å². The molecule has 33 heavy (non-hydrogen) atoms. The molecule has 8 atom stereocenters. The van der Waals surface area contributed by atoms with Crippen LogP contribution in [0.15, 0.2) is 35.5 Å². The molecule has 6 heteroatoms. The zero-order chi connectivity index (χ0) is 24.1. The van der Waals surface area contributed by atoms with Crippen LogP contribution in [-0.4, -0.2) is 54.0 Å². The van der Waals surface area contributed by atoms with Gasteiger partial charge in [0.15, 0.2) is 12.4 Å². The molecule has 0 amide bonds. The first kappa shape index (κ1) is 26.1. The van der Waals surface area contributed by atoms with Crippen LogP contribution in [0.4, 0.5) is 0 Å². The zero-order valence-electron chi connectivity index (χ0n) is 20.7. The summed E-state index contributed by atoms with van der Waals surface area (Å²) in [6, 6.07) is 0. The predicted octanol–water partition coefficient (Wildman–Crippen LogP) is 4.31. The Morgan fingerprint density at radius 1 is 1.27 bits per heavy atom. The molecule has 6 nitrogen and oxygen atoms in total. The van der Waals surface area contributed by atoms with Crippen LogP contribution in [0.25, 0.3) is 0 Å². The summed E-state index contributed by atoms with van der Waals surface area (Å²) in [5.41, 5.74) is 4.15. The quantitative estimate of drug-likeness (QED) is 0.413. The summed E-state index contributed by atoms with van der Waals surface area (Å²) >= 11 is 0. The standard InChI is InChI=1S/C27H42O6/c1-16(2)7-6-8-20(22-12-10-18(4)21-11-9-17(3)13-23(21)22)14-31-27-26(33-19(5)28)25(30)24(29)15-32-27/h7,13,20-27,29-30H,4,6,8-12,14-15H2,1-3,5H3/t20?,21-,22+,23-,24+,25?,26?,27+/m1/s1. The summed E-state index contributed by atoms with van der Waals surface area (Å²) in [4.78, 5) is 11.6. The molecule has 0 aromatic carbocycles. The SMILES string of the molecule is C=C1CC[C@@H](C(CCC=C(C)C)CO[C@H]2OC[C@H](O)C(O)C2OC(C)=O)[C@@H]2C=C(C)CC[C@H]12. The monoisotopic (exact) mass is 462 g/mol. The van der Waals surface area contributed by atoms with Crippen LogP contribution < -0.4 is 0 Å². The number of rotatable bonds is 8. The molecular formula is C27H42O6. The van der Waals surface area contributed by atoms with Crippen molar-refractivity contribution in [3.63, 3.8) is 0 Å². The number of ether oxygens (including phenoxy) is 3. The fourth-order valence-electron chi connectivity index (χ4n) is 5.73. The molecule has 3 aliphatic rings. The van der Waals surface area contributed by atoms with E-state index in [1.807, 2.05) is 0 Å². The van der Waals surface area contributed by atoms with Gasteiger partial charge < -0.3 is 24.4 Å². The topological polar surface area (TPSA) is 85.2 Å². The lowest BCUT2D eigenvalue weighted by molar-refractivity contribution is -0.278. The molecule has 2 aliphatic carbocycles. The molecule has 1 aliphatic heterocycles. The number of hydrogen-bond acceptors (Lipinski definition) is 6. The van der Waals surface area contributed by atoms with Crippen molar-refractivity contribution in [1.82, 2.24) is 0 Å². The Hall–Kier alpha value is -1.47. The molecule has 186 valence electrons. The van der Waals surface area contributed by atoms with E-state index < -0.39 is 30.6 Å². The Labute approximate surface area is 198 Å². The highest BCUT2D eigenvalue weighted by molar-refractivity contribution is 5.66. The summed E-state index contributed by atoms with van der Waals surface area (Å²) in [5, 5.41) is 20.3. The Morgan fingerprint density at radius 3 is 2.73 bits per heavy atom. The first-order valence-electron chi connectivity index (χ1n) is 12.4. The largest absolute Gasteiger partial charge is 0.454 e. The van der Waals surface area contributed by atoms with Crippen LogP contribution in [0.3, 0.4) is 0 Å². The van der Waals surface area contributed by atoms with E-state index in [0.29, 0.717) is 30.3 Å². The van der Waals surface area contributed by atoms with Crippen molar-refractivity contribution in [2.45, 2.75) is 90.8 Å². The molecule has 3 unspecified atom stereocenters. The number of aliphatic hydroxyl groups is 2. The first-order chi connectivity index (χ1) is 15.7. The van der Waals surface area contributed by atoms with Gasteiger partial charge in [0.1, 0.15) is 12.2 Å². The first-order valence-corrected chi connectivity index (χ1v) is 12.4. The van der Waals surface area contributed by atoms with E-state index in [0.717, 1.165) is 32.1 Å². The minimum atomic E-state index is -1.23. The van der Waals surface area contributed by atoms with Gasteiger partial charge in [-0.2, -0.15) is 0 Å². The van der Waals surface area contributed by atoms with E-state index in [-0.39, 0.29) is 6.61 Å². The molecular weight excluding hydrogens is 420 g/mol. The highest BCUT2D eigenvalue weighted by Crippen LogP contribution is 2.48. The molecule has 0 bridgehead atoms. The highest BCUT2D eigenvalue weighted by Gasteiger charge is 2.44.